The minimum absolute atomic E-state index is 0.727. The van der Waals surface area contributed by atoms with Crippen molar-refractivity contribution < 1.29 is 4.74 Å². The molecule has 0 saturated carbocycles. The lowest BCUT2D eigenvalue weighted by atomic mass is 10.1. The maximum Gasteiger partial charge on any atom is 0.119 e. The molecule has 0 atom stereocenters. The van der Waals surface area contributed by atoms with Crippen LogP contribution in [-0.2, 0) is 0 Å². The summed E-state index contributed by atoms with van der Waals surface area (Å²) in [4.78, 5) is 0. The average Bonchev–Trinajstić information content (AvgIpc) is 2.34. The van der Waals surface area contributed by atoms with Crippen molar-refractivity contribution in [2.75, 3.05) is 19.7 Å². The molecule has 0 amide bonds. The van der Waals surface area contributed by atoms with Gasteiger partial charge in [0, 0.05) is 4.47 Å². The Hall–Kier alpha value is -0.540. The number of nitrogens with one attached hydrogen (secondary N) is 1. The van der Waals surface area contributed by atoms with Gasteiger partial charge in [-0.2, -0.15) is 0 Å². The standard InChI is InChI=1S/C16H26BrNO/c1-12(2)11-18-7-5-6-8-19-15-9-13(3)16(17)14(4)10-15/h9-10,12,18H,5-8,11H2,1-4H3. The molecule has 0 bridgehead atoms. The van der Waals surface area contributed by atoms with Crippen molar-refractivity contribution in [3.63, 3.8) is 0 Å². The van der Waals surface area contributed by atoms with Gasteiger partial charge >= 0.3 is 0 Å². The molecule has 0 aliphatic carbocycles. The largest absolute Gasteiger partial charge is 0.494 e. The van der Waals surface area contributed by atoms with E-state index in [0.29, 0.717) is 0 Å². The highest BCUT2D eigenvalue weighted by Crippen LogP contribution is 2.26. The smallest absolute Gasteiger partial charge is 0.119 e. The van der Waals surface area contributed by atoms with E-state index in [2.05, 4.69) is 61.1 Å². The lowest BCUT2D eigenvalue weighted by Gasteiger charge is -2.10. The van der Waals surface area contributed by atoms with Gasteiger partial charge in [0.25, 0.3) is 0 Å². The van der Waals surface area contributed by atoms with Crippen molar-refractivity contribution in [2.24, 2.45) is 5.92 Å². The Bertz CT molecular complexity index is 367. The third-order valence-electron chi connectivity index (χ3n) is 2.98. The van der Waals surface area contributed by atoms with Gasteiger partial charge in [-0.3, -0.25) is 0 Å². The summed E-state index contributed by atoms with van der Waals surface area (Å²) in [5.41, 5.74) is 2.46. The van der Waals surface area contributed by atoms with Crippen LogP contribution in [0.5, 0.6) is 5.75 Å². The highest BCUT2D eigenvalue weighted by molar-refractivity contribution is 9.10. The molecule has 0 aromatic heterocycles. The highest BCUT2D eigenvalue weighted by Gasteiger charge is 2.03. The second-order valence-electron chi connectivity index (χ2n) is 5.52. The van der Waals surface area contributed by atoms with Crippen LogP contribution in [-0.4, -0.2) is 19.7 Å². The van der Waals surface area contributed by atoms with E-state index in [-0.39, 0.29) is 0 Å². The van der Waals surface area contributed by atoms with Crippen molar-refractivity contribution in [3.8, 4) is 5.75 Å². The second kappa shape index (κ2) is 8.60. The number of unbranched alkanes of at least 4 members (excludes halogenated alkanes) is 1. The molecule has 0 saturated heterocycles. The van der Waals surface area contributed by atoms with Crippen LogP contribution in [0.1, 0.15) is 37.8 Å². The lowest BCUT2D eigenvalue weighted by molar-refractivity contribution is 0.305. The summed E-state index contributed by atoms with van der Waals surface area (Å²) in [6.07, 6.45) is 2.26. The summed E-state index contributed by atoms with van der Waals surface area (Å²) in [6, 6.07) is 4.18. The Balaban J connectivity index is 2.19. The summed E-state index contributed by atoms with van der Waals surface area (Å²) in [5, 5.41) is 3.45. The van der Waals surface area contributed by atoms with E-state index in [1.807, 2.05) is 0 Å². The van der Waals surface area contributed by atoms with E-state index >= 15 is 0 Å². The van der Waals surface area contributed by atoms with Gasteiger partial charge in [-0.1, -0.05) is 29.8 Å². The number of aryl methyl sites for hydroxylation is 2. The molecule has 0 radical (unpaired) electrons. The Morgan fingerprint density at radius 2 is 1.79 bits per heavy atom. The van der Waals surface area contributed by atoms with Gasteiger partial charge in [0.15, 0.2) is 0 Å². The fraction of sp³-hybridized carbons (Fsp3) is 0.625. The third-order valence-corrected chi connectivity index (χ3v) is 4.23. The van der Waals surface area contributed by atoms with Gasteiger partial charge in [0.05, 0.1) is 6.61 Å². The molecule has 108 valence electrons. The van der Waals surface area contributed by atoms with Crippen LogP contribution in [0, 0.1) is 19.8 Å². The van der Waals surface area contributed by atoms with Gasteiger partial charge in [-0.15, -0.1) is 0 Å². The first-order valence-corrected chi connectivity index (χ1v) is 7.90. The maximum atomic E-state index is 5.80. The molecule has 1 aromatic rings. The predicted octanol–water partition coefficient (Wildman–Crippen LogP) is 4.47. The number of rotatable bonds is 8. The van der Waals surface area contributed by atoms with E-state index in [4.69, 9.17) is 4.74 Å². The van der Waals surface area contributed by atoms with Gasteiger partial charge in [0.1, 0.15) is 5.75 Å². The number of hydrogen-bond donors (Lipinski definition) is 1. The monoisotopic (exact) mass is 327 g/mol. The zero-order valence-electron chi connectivity index (χ0n) is 12.6. The van der Waals surface area contributed by atoms with Gasteiger partial charge in [-0.25, -0.2) is 0 Å². The molecule has 0 unspecified atom stereocenters. The van der Waals surface area contributed by atoms with Crippen molar-refractivity contribution in [2.45, 2.75) is 40.5 Å². The van der Waals surface area contributed by atoms with Crippen LogP contribution in [0.25, 0.3) is 0 Å². The van der Waals surface area contributed by atoms with Crippen molar-refractivity contribution >= 4 is 15.9 Å². The van der Waals surface area contributed by atoms with Crippen LogP contribution >= 0.6 is 15.9 Å². The Kier molecular flexibility index (Phi) is 7.47. The van der Waals surface area contributed by atoms with Gasteiger partial charge in [-0.05, 0) is 69.0 Å². The average molecular weight is 328 g/mol. The van der Waals surface area contributed by atoms with Crippen LogP contribution in [0.3, 0.4) is 0 Å². The van der Waals surface area contributed by atoms with Crippen LogP contribution in [0.4, 0.5) is 0 Å². The normalized spacial score (nSPS) is 11.1. The Morgan fingerprint density at radius 1 is 1.16 bits per heavy atom. The second-order valence-corrected chi connectivity index (χ2v) is 6.32. The summed E-state index contributed by atoms with van der Waals surface area (Å²) >= 11 is 3.57. The number of halogens is 1. The first kappa shape index (κ1) is 16.5. The minimum Gasteiger partial charge on any atom is -0.494 e. The molecule has 1 aromatic carbocycles. The molecular formula is C16H26BrNO. The molecule has 2 nitrogen and oxygen atoms in total. The van der Waals surface area contributed by atoms with E-state index in [0.717, 1.165) is 37.8 Å². The van der Waals surface area contributed by atoms with Crippen LogP contribution in [0.2, 0.25) is 0 Å². The predicted molar refractivity (Wildman–Crippen MR) is 86.1 cm³/mol. The number of benzene rings is 1. The minimum atomic E-state index is 0.727. The van der Waals surface area contributed by atoms with Crippen LogP contribution < -0.4 is 10.1 Å². The maximum absolute atomic E-state index is 5.80. The van der Waals surface area contributed by atoms with Crippen molar-refractivity contribution in [1.29, 1.82) is 0 Å². The molecule has 1 N–H and O–H groups in total. The topological polar surface area (TPSA) is 21.3 Å². The lowest BCUT2D eigenvalue weighted by Crippen LogP contribution is -2.21. The first-order valence-electron chi connectivity index (χ1n) is 7.11. The quantitative estimate of drug-likeness (QED) is 0.711. The van der Waals surface area contributed by atoms with Gasteiger partial charge < -0.3 is 10.1 Å². The molecule has 19 heavy (non-hydrogen) atoms. The zero-order chi connectivity index (χ0) is 14.3. The molecule has 0 heterocycles. The zero-order valence-corrected chi connectivity index (χ0v) is 14.1. The molecule has 3 heteroatoms. The first-order chi connectivity index (χ1) is 9.00. The SMILES string of the molecule is Cc1cc(OCCCCNCC(C)C)cc(C)c1Br. The van der Waals surface area contributed by atoms with E-state index < -0.39 is 0 Å². The van der Waals surface area contributed by atoms with Crippen LogP contribution in [0.15, 0.2) is 16.6 Å². The van der Waals surface area contributed by atoms with E-state index in [1.54, 1.807) is 0 Å². The van der Waals surface area contributed by atoms with E-state index in [1.165, 1.54) is 22.0 Å². The summed E-state index contributed by atoms with van der Waals surface area (Å²) in [5.74, 6) is 1.71. The summed E-state index contributed by atoms with van der Waals surface area (Å²) < 4.78 is 6.98. The fourth-order valence-electron chi connectivity index (χ4n) is 1.92. The number of hydrogen-bond acceptors (Lipinski definition) is 2. The Morgan fingerprint density at radius 3 is 2.37 bits per heavy atom. The van der Waals surface area contributed by atoms with E-state index in [9.17, 15) is 0 Å². The third kappa shape index (κ3) is 6.44. The van der Waals surface area contributed by atoms with Crippen molar-refractivity contribution in [3.05, 3.63) is 27.7 Å². The summed E-state index contributed by atoms with van der Waals surface area (Å²) in [7, 11) is 0. The Labute approximate surface area is 126 Å². The number of ether oxygens (including phenoxy) is 1. The van der Waals surface area contributed by atoms with Crippen molar-refractivity contribution in [1.82, 2.24) is 5.32 Å². The molecule has 0 aliphatic rings. The molecule has 0 fully saturated rings. The fourth-order valence-corrected chi connectivity index (χ4v) is 2.15. The highest BCUT2D eigenvalue weighted by atomic mass is 79.9. The molecular weight excluding hydrogens is 302 g/mol. The molecule has 1 rings (SSSR count). The van der Waals surface area contributed by atoms with Gasteiger partial charge in [0.2, 0.25) is 0 Å². The molecule has 0 spiro atoms. The molecule has 0 aliphatic heterocycles. The summed E-state index contributed by atoms with van der Waals surface area (Å²) in [6.45, 7) is 11.6.